The van der Waals surface area contributed by atoms with Gasteiger partial charge in [0, 0.05) is 16.2 Å². The van der Waals surface area contributed by atoms with Crippen molar-refractivity contribution in [3.05, 3.63) is 64.1 Å². The summed E-state index contributed by atoms with van der Waals surface area (Å²) in [7, 11) is 0. The average Bonchev–Trinajstić information content (AvgIpc) is 2.40. The van der Waals surface area contributed by atoms with E-state index < -0.39 is 23.1 Å². The lowest BCUT2D eigenvalue weighted by molar-refractivity contribution is -0.142. The van der Waals surface area contributed by atoms with Gasteiger partial charge in [0.15, 0.2) is 5.54 Å². The highest BCUT2D eigenvalue weighted by molar-refractivity contribution is 9.10. The summed E-state index contributed by atoms with van der Waals surface area (Å²) in [6.45, 7) is 1.35. The van der Waals surface area contributed by atoms with Crippen molar-refractivity contribution in [3.8, 4) is 0 Å². The zero-order valence-electron chi connectivity index (χ0n) is 11.0. The maximum absolute atomic E-state index is 13.4. The fourth-order valence-corrected chi connectivity index (χ4v) is 2.31. The Balaban J connectivity index is 2.50. The van der Waals surface area contributed by atoms with E-state index in [1.807, 2.05) is 0 Å². The van der Waals surface area contributed by atoms with E-state index in [0.717, 1.165) is 12.1 Å². The highest BCUT2D eigenvalue weighted by Gasteiger charge is 2.36. The molecule has 2 rings (SSSR count). The van der Waals surface area contributed by atoms with Crippen LogP contribution < -0.4 is 5.32 Å². The van der Waals surface area contributed by atoms with Crippen molar-refractivity contribution in [2.75, 3.05) is 5.32 Å². The van der Waals surface area contributed by atoms with Gasteiger partial charge in [-0.2, -0.15) is 0 Å². The molecular weight excluding hydrogens is 344 g/mol. The molecule has 1 unspecified atom stereocenters. The SMILES string of the molecule is CC(Nc1ccccc1Br)(C(=O)O)c1cc(F)cc(F)c1. The number of halogens is 3. The number of benzene rings is 2. The predicted molar refractivity (Wildman–Crippen MR) is 79.1 cm³/mol. The first-order valence-corrected chi connectivity index (χ1v) is 6.85. The summed E-state index contributed by atoms with van der Waals surface area (Å²) in [5.41, 5.74) is -1.18. The molecular formula is C15H12BrF2NO2. The molecule has 0 heterocycles. The second-order valence-electron chi connectivity index (χ2n) is 4.69. The monoisotopic (exact) mass is 355 g/mol. The number of nitrogens with one attached hydrogen (secondary N) is 1. The minimum Gasteiger partial charge on any atom is -0.479 e. The molecule has 0 saturated carbocycles. The van der Waals surface area contributed by atoms with E-state index in [1.165, 1.54) is 6.92 Å². The van der Waals surface area contributed by atoms with E-state index >= 15 is 0 Å². The lowest BCUT2D eigenvalue weighted by atomic mass is 9.91. The Hall–Kier alpha value is -1.95. The number of para-hydroxylation sites is 1. The van der Waals surface area contributed by atoms with E-state index in [0.29, 0.717) is 16.2 Å². The Labute approximate surface area is 128 Å². The quantitative estimate of drug-likeness (QED) is 0.866. The first-order chi connectivity index (χ1) is 9.83. The maximum Gasteiger partial charge on any atom is 0.333 e. The summed E-state index contributed by atoms with van der Waals surface area (Å²) in [5, 5.41) is 12.3. The molecule has 0 radical (unpaired) electrons. The van der Waals surface area contributed by atoms with Gasteiger partial charge in [-0.05, 0) is 52.7 Å². The molecule has 0 saturated heterocycles. The van der Waals surface area contributed by atoms with Crippen LogP contribution in [0, 0.1) is 11.6 Å². The number of carboxylic acids is 1. The number of hydrogen-bond acceptors (Lipinski definition) is 2. The largest absolute Gasteiger partial charge is 0.479 e. The Kier molecular flexibility index (Phi) is 4.27. The van der Waals surface area contributed by atoms with E-state index in [4.69, 9.17) is 0 Å². The van der Waals surface area contributed by atoms with Crippen molar-refractivity contribution < 1.29 is 18.7 Å². The second-order valence-corrected chi connectivity index (χ2v) is 5.55. The van der Waals surface area contributed by atoms with Gasteiger partial charge in [0.25, 0.3) is 0 Å². The highest BCUT2D eigenvalue weighted by atomic mass is 79.9. The second kappa shape index (κ2) is 5.81. The number of aliphatic carboxylic acids is 1. The highest BCUT2D eigenvalue weighted by Crippen LogP contribution is 2.31. The molecule has 0 aliphatic heterocycles. The van der Waals surface area contributed by atoms with Gasteiger partial charge in [0.05, 0.1) is 0 Å². The van der Waals surface area contributed by atoms with Crippen molar-refractivity contribution in [3.63, 3.8) is 0 Å². The third-order valence-corrected chi connectivity index (χ3v) is 3.82. The minimum atomic E-state index is -1.67. The standard InChI is InChI=1S/C15H12BrF2NO2/c1-15(14(20)21,9-6-10(17)8-11(18)7-9)19-13-5-3-2-4-12(13)16/h2-8,19H,1H3,(H,20,21). The summed E-state index contributed by atoms with van der Waals surface area (Å²) in [4.78, 5) is 11.6. The normalized spacial score (nSPS) is 13.5. The van der Waals surface area contributed by atoms with Crippen LogP contribution in [0.4, 0.5) is 14.5 Å². The van der Waals surface area contributed by atoms with Gasteiger partial charge >= 0.3 is 5.97 Å². The van der Waals surface area contributed by atoms with E-state index in [9.17, 15) is 18.7 Å². The molecule has 3 nitrogen and oxygen atoms in total. The van der Waals surface area contributed by atoms with E-state index in [-0.39, 0.29) is 5.56 Å². The molecule has 2 aromatic rings. The minimum absolute atomic E-state index is 0.0109. The predicted octanol–water partition coefficient (Wildman–Crippen LogP) is 4.14. The molecule has 0 aliphatic carbocycles. The Morgan fingerprint density at radius 3 is 2.29 bits per heavy atom. The zero-order valence-corrected chi connectivity index (χ0v) is 12.6. The number of hydrogen-bond donors (Lipinski definition) is 2. The molecule has 0 aromatic heterocycles. The number of carbonyl (C=O) groups is 1. The first kappa shape index (κ1) is 15.4. The molecule has 6 heteroatoms. The van der Waals surface area contributed by atoms with Crippen LogP contribution in [-0.2, 0) is 10.3 Å². The third kappa shape index (κ3) is 3.21. The molecule has 2 aromatic carbocycles. The van der Waals surface area contributed by atoms with Crippen LogP contribution in [0.15, 0.2) is 46.9 Å². The molecule has 1 atom stereocenters. The topological polar surface area (TPSA) is 49.3 Å². The van der Waals surface area contributed by atoms with Crippen LogP contribution in [0.5, 0.6) is 0 Å². The van der Waals surface area contributed by atoms with Gasteiger partial charge in [-0.3, -0.25) is 0 Å². The van der Waals surface area contributed by atoms with E-state index in [1.54, 1.807) is 24.3 Å². The van der Waals surface area contributed by atoms with Gasteiger partial charge in [0.1, 0.15) is 11.6 Å². The summed E-state index contributed by atoms with van der Waals surface area (Å²) in [5.74, 6) is -2.90. The molecule has 0 bridgehead atoms. The van der Waals surface area contributed by atoms with Crippen LogP contribution in [-0.4, -0.2) is 11.1 Å². The Morgan fingerprint density at radius 1 is 1.19 bits per heavy atom. The molecule has 0 aliphatic rings. The van der Waals surface area contributed by atoms with Gasteiger partial charge in [0.2, 0.25) is 0 Å². The molecule has 21 heavy (non-hydrogen) atoms. The third-order valence-electron chi connectivity index (χ3n) is 3.13. The van der Waals surface area contributed by atoms with Crippen LogP contribution in [0.2, 0.25) is 0 Å². The smallest absolute Gasteiger partial charge is 0.333 e. The van der Waals surface area contributed by atoms with Crippen molar-refractivity contribution in [1.82, 2.24) is 0 Å². The lowest BCUT2D eigenvalue weighted by Crippen LogP contribution is -2.40. The lowest BCUT2D eigenvalue weighted by Gasteiger charge is -2.28. The van der Waals surface area contributed by atoms with Gasteiger partial charge < -0.3 is 10.4 Å². The average molecular weight is 356 g/mol. The van der Waals surface area contributed by atoms with Crippen LogP contribution in [0.3, 0.4) is 0 Å². The fourth-order valence-electron chi connectivity index (χ4n) is 1.92. The van der Waals surface area contributed by atoms with Crippen molar-refractivity contribution in [2.24, 2.45) is 0 Å². The molecule has 0 fully saturated rings. The first-order valence-electron chi connectivity index (χ1n) is 6.05. The fraction of sp³-hybridized carbons (Fsp3) is 0.133. The summed E-state index contributed by atoms with van der Waals surface area (Å²) in [6.07, 6.45) is 0. The Bertz CT molecular complexity index is 673. The molecule has 110 valence electrons. The summed E-state index contributed by atoms with van der Waals surface area (Å²) >= 11 is 3.30. The number of anilines is 1. The zero-order chi connectivity index (χ0) is 15.6. The van der Waals surface area contributed by atoms with Crippen LogP contribution in [0.25, 0.3) is 0 Å². The molecule has 2 N–H and O–H groups in total. The van der Waals surface area contributed by atoms with Crippen LogP contribution >= 0.6 is 15.9 Å². The summed E-state index contributed by atoms with van der Waals surface area (Å²) in [6, 6.07) is 9.60. The summed E-state index contributed by atoms with van der Waals surface area (Å²) < 4.78 is 27.4. The van der Waals surface area contributed by atoms with Gasteiger partial charge in [-0.25, -0.2) is 13.6 Å². The number of rotatable bonds is 4. The molecule has 0 spiro atoms. The van der Waals surface area contributed by atoms with Gasteiger partial charge in [-0.1, -0.05) is 12.1 Å². The van der Waals surface area contributed by atoms with Crippen molar-refractivity contribution in [1.29, 1.82) is 0 Å². The Morgan fingerprint density at radius 2 is 1.76 bits per heavy atom. The van der Waals surface area contributed by atoms with Gasteiger partial charge in [-0.15, -0.1) is 0 Å². The number of carboxylic acid groups (broad SMARTS) is 1. The van der Waals surface area contributed by atoms with Crippen molar-refractivity contribution in [2.45, 2.75) is 12.5 Å². The maximum atomic E-state index is 13.4. The molecule has 0 amide bonds. The van der Waals surface area contributed by atoms with E-state index in [2.05, 4.69) is 21.2 Å². The van der Waals surface area contributed by atoms with Crippen molar-refractivity contribution >= 4 is 27.6 Å². The van der Waals surface area contributed by atoms with Crippen LogP contribution in [0.1, 0.15) is 12.5 Å².